The van der Waals surface area contributed by atoms with Gasteiger partial charge in [-0.15, -0.1) is 0 Å². The van der Waals surface area contributed by atoms with Crippen LogP contribution in [0.3, 0.4) is 0 Å². The first-order valence-corrected chi connectivity index (χ1v) is 3.88. The van der Waals surface area contributed by atoms with Crippen LogP contribution < -0.4 is 0 Å². The molecule has 1 atom stereocenters. The summed E-state index contributed by atoms with van der Waals surface area (Å²) in [5.74, 6) is 0.237. The van der Waals surface area contributed by atoms with E-state index in [1.165, 1.54) is 6.92 Å². The van der Waals surface area contributed by atoms with Crippen molar-refractivity contribution < 1.29 is 9.90 Å². The zero-order chi connectivity index (χ0) is 9.02. The maximum absolute atomic E-state index is 11.1. The summed E-state index contributed by atoms with van der Waals surface area (Å²) in [6.45, 7) is 6.25. The molecule has 0 aromatic heterocycles. The summed E-state index contributed by atoms with van der Waals surface area (Å²) >= 11 is 0. The van der Waals surface area contributed by atoms with Crippen LogP contribution in [0, 0.1) is 5.92 Å². The summed E-state index contributed by atoms with van der Waals surface area (Å²) in [7, 11) is 1.70. The van der Waals surface area contributed by atoms with Gasteiger partial charge in [0.1, 0.15) is 6.10 Å². The van der Waals surface area contributed by atoms with E-state index in [-0.39, 0.29) is 5.91 Å². The molecule has 0 saturated heterocycles. The largest absolute Gasteiger partial charge is 0.384 e. The molecule has 0 spiro atoms. The van der Waals surface area contributed by atoms with E-state index in [9.17, 15) is 4.79 Å². The van der Waals surface area contributed by atoms with Gasteiger partial charge in [-0.05, 0) is 12.8 Å². The van der Waals surface area contributed by atoms with Gasteiger partial charge in [0, 0.05) is 13.6 Å². The lowest BCUT2D eigenvalue weighted by molar-refractivity contribution is -0.138. The van der Waals surface area contributed by atoms with Crippen LogP contribution in [0.25, 0.3) is 0 Å². The third-order valence-electron chi connectivity index (χ3n) is 1.37. The van der Waals surface area contributed by atoms with E-state index in [0.717, 1.165) is 0 Å². The molecule has 1 amide bonds. The average molecular weight is 159 g/mol. The molecule has 0 heterocycles. The van der Waals surface area contributed by atoms with E-state index >= 15 is 0 Å². The molecule has 3 heteroatoms. The van der Waals surface area contributed by atoms with Gasteiger partial charge in [0.15, 0.2) is 0 Å². The van der Waals surface area contributed by atoms with Crippen LogP contribution in [0.15, 0.2) is 0 Å². The Morgan fingerprint density at radius 2 is 1.91 bits per heavy atom. The van der Waals surface area contributed by atoms with Crippen molar-refractivity contribution in [1.29, 1.82) is 0 Å². The number of likely N-dealkylation sites (N-methyl/N-ethyl adjacent to an activating group) is 1. The molecule has 0 radical (unpaired) electrons. The fourth-order valence-corrected chi connectivity index (χ4v) is 0.957. The number of hydrogen-bond donors (Lipinski definition) is 1. The Bertz CT molecular complexity index is 132. The van der Waals surface area contributed by atoms with E-state index in [1.54, 1.807) is 11.9 Å². The second-order valence-corrected chi connectivity index (χ2v) is 3.29. The number of aliphatic hydroxyl groups is 1. The molecular formula is C8H17NO2. The Kier molecular flexibility index (Phi) is 4.11. The van der Waals surface area contributed by atoms with E-state index in [4.69, 9.17) is 5.11 Å². The SMILES string of the molecule is CC(C)CN(C)C(=O)C(C)O. The lowest BCUT2D eigenvalue weighted by Crippen LogP contribution is -2.36. The van der Waals surface area contributed by atoms with Gasteiger partial charge in [0.05, 0.1) is 0 Å². The quantitative estimate of drug-likeness (QED) is 0.650. The molecule has 0 aliphatic heterocycles. The highest BCUT2D eigenvalue weighted by Gasteiger charge is 2.14. The third kappa shape index (κ3) is 3.98. The number of rotatable bonds is 3. The number of hydrogen-bond acceptors (Lipinski definition) is 2. The van der Waals surface area contributed by atoms with Crippen LogP contribution in [0.4, 0.5) is 0 Å². The van der Waals surface area contributed by atoms with Crippen LogP contribution in [-0.2, 0) is 4.79 Å². The number of carbonyl (C=O) groups is 1. The van der Waals surface area contributed by atoms with Crippen molar-refractivity contribution in [3.63, 3.8) is 0 Å². The number of nitrogens with zero attached hydrogens (tertiary/aromatic N) is 1. The van der Waals surface area contributed by atoms with Crippen molar-refractivity contribution >= 4 is 5.91 Å². The molecule has 11 heavy (non-hydrogen) atoms. The summed E-state index contributed by atoms with van der Waals surface area (Å²) in [6, 6.07) is 0. The molecule has 0 bridgehead atoms. The third-order valence-corrected chi connectivity index (χ3v) is 1.37. The Morgan fingerprint density at radius 1 is 1.45 bits per heavy atom. The van der Waals surface area contributed by atoms with E-state index in [2.05, 4.69) is 0 Å². The summed E-state index contributed by atoms with van der Waals surface area (Å²) in [5, 5.41) is 8.91. The number of amides is 1. The molecule has 0 rings (SSSR count). The first-order valence-electron chi connectivity index (χ1n) is 3.88. The van der Waals surface area contributed by atoms with E-state index in [1.807, 2.05) is 13.8 Å². The fraction of sp³-hybridized carbons (Fsp3) is 0.875. The standard InChI is InChI=1S/C8H17NO2/c1-6(2)5-9(4)8(11)7(3)10/h6-7,10H,5H2,1-4H3. The van der Waals surface area contributed by atoms with Gasteiger partial charge in [-0.1, -0.05) is 13.8 Å². The smallest absolute Gasteiger partial charge is 0.250 e. The monoisotopic (exact) mass is 159 g/mol. The van der Waals surface area contributed by atoms with Crippen molar-refractivity contribution in [2.24, 2.45) is 5.92 Å². The Labute approximate surface area is 68.0 Å². The maximum atomic E-state index is 11.1. The Balaban J connectivity index is 3.83. The summed E-state index contributed by atoms with van der Waals surface area (Å²) in [4.78, 5) is 12.6. The van der Waals surface area contributed by atoms with Crippen molar-refractivity contribution in [1.82, 2.24) is 4.90 Å². The summed E-state index contributed by atoms with van der Waals surface area (Å²) < 4.78 is 0. The molecule has 0 aliphatic rings. The first-order chi connectivity index (χ1) is 4.95. The molecule has 0 saturated carbocycles. The maximum Gasteiger partial charge on any atom is 0.250 e. The normalized spacial score (nSPS) is 13.3. The van der Waals surface area contributed by atoms with Crippen molar-refractivity contribution in [3.05, 3.63) is 0 Å². The van der Waals surface area contributed by atoms with Crippen molar-refractivity contribution in [3.8, 4) is 0 Å². The lowest BCUT2D eigenvalue weighted by atomic mass is 10.2. The molecule has 3 nitrogen and oxygen atoms in total. The average Bonchev–Trinajstić information content (AvgIpc) is 1.84. The second kappa shape index (κ2) is 4.34. The van der Waals surface area contributed by atoms with Gasteiger partial charge in [0.25, 0.3) is 5.91 Å². The molecular weight excluding hydrogens is 142 g/mol. The van der Waals surface area contributed by atoms with Crippen molar-refractivity contribution in [2.45, 2.75) is 26.9 Å². The number of aliphatic hydroxyl groups excluding tert-OH is 1. The number of carbonyl (C=O) groups excluding carboxylic acids is 1. The summed E-state index contributed by atoms with van der Waals surface area (Å²) in [6.07, 6.45) is -0.876. The molecule has 66 valence electrons. The molecule has 0 aromatic carbocycles. The zero-order valence-electron chi connectivity index (χ0n) is 7.66. The Morgan fingerprint density at radius 3 is 2.18 bits per heavy atom. The van der Waals surface area contributed by atoms with Gasteiger partial charge in [0.2, 0.25) is 0 Å². The van der Waals surface area contributed by atoms with Gasteiger partial charge in [-0.25, -0.2) is 0 Å². The van der Waals surface area contributed by atoms with Crippen LogP contribution in [0.2, 0.25) is 0 Å². The van der Waals surface area contributed by atoms with Gasteiger partial charge in [-0.3, -0.25) is 4.79 Å². The minimum Gasteiger partial charge on any atom is -0.384 e. The molecule has 1 unspecified atom stereocenters. The zero-order valence-corrected chi connectivity index (χ0v) is 7.66. The second-order valence-electron chi connectivity index (χ2n) is 3.29. The van der Waals surface area contributed by atoms with Crippen molar-refractivity contribution in [2.75, 3.05) is 13.6 Å². The molecule has 0 aliphatic carbocycles. The minimum absolute atomic E-state index is 0.210. The molecule has 1 N–H and O–H groups in total. The van der Waals surface area contributed by atoms with E-state index < -0.39 is 6.10 Å². The minimum atomic E-state index is -0.876. The molecule has 0 fully saturated rings. The summed E-state index contributed by atoms with van der Waals surface area (Å²) in [5.41, 5.74) is 0. The first kappa shape index (κ1) is 10.4. The highest BCUT2D eigenvalue weighted by Crippen LogP contribution is 1.98. The van der Waals surface area contributed by atoms with Crippen LogP contribution in [0.1, 0.15) is 20.8 Å². The van der Waals surface area contributed by atoms with Gasteiger partial charge in [-0.2, -0.15) is 0 Å². The van der Waals surface area contributed by atoms with E-state index in [0.29, 0.717) is 12.5 Å². The topological polar surface area (TPSA) is 40.5 Å². The predicted molar refractivity (Wildman–Crippen MR) is 44.2 cm³/mol. The van der Waals surface area contributed by atoms with Crippen LogP contribution in [-0.4, -0.2) is 35.6 Å². The predicted octanol–water partition coefficient (Wildman–Crippen LogP) is 0.482. The van der Waals surface area contributed by atoms with Crippen LogP contribution >= 0.6 is 0 Å². The van der Waals surface area contributed by atoms with Gasteiger partial charge < -0.3 is 10.0 Å². The molecule has 0 aromatic rings. The highest BCUT2D eigenvalue weighted by molar-refractivity contribution is 5.79. The van der Waals surface area contributed by atoms with Gasteiger partial charge >= 0.3 is 0 Å². The fourth-order valence-electron chi connectivity index (χ4n) is 0.957. The highest BCUT2D eigenvalue weighted by atomic mass is 16.3. The Hall–Kier alpha value is -0.570. The lowest BCUT2D eigenvalue weighted by Gasteiger charge is -2.20. The van der Waals surface area contributed by atoms with Crippen LogP contribution in [0.5, 0.6) is 0 Å².